The third-order valence-corrected chi connectivity index (χ3v) is 4.39. The van der Waals surface area contributed by atoms with Gasteiger partial charge in [0.25, 0.3) is 10.0 Å². The van der Waals surface area contributed by atoms with Gasteiger partial charge < -0.3 is 5.32 Å². The number of hydrogen-bond acceptors (Lipinski definition) is 3. The van der Waals surface area contributed by atoms with Gasteiger partial charge in [0, 0.05) is 12.2 Å². The summed E-state index contributed by atoms with van der Waals surface area (Å²) in [6.07, 6.45) is 0. The van der Waals surface area contributed by atoms with Crippen LogP contribution in [0.2, 0.25) is 0 Å². The molecule has 0 aromatic heterocycles. The van der Waals surface area contributed by atoms with Crippen molar-refractivity contribution in [1.82, 2.24) is 5.32 Å². The molecule has 0 saturated heterocycles. The van der Waals surface area contributed by atoms with Crippen molar-refractivity contribution in [3.63, 3.8) is 0 Å². The van der Waals surface area contributed by atoms with E-state index in [4.69, 9.17) is 0 Å². The van der Waals surface area contributed by atoms with Crippen molar-refractivity contribution in [2.45, 2.75) is 18.4 Å². The van der Waals surface area contributed by atoms with Gasteiger partial charge in [-0.25, -0.2) is 12.8 Å². The first-order chi connectivity index (χ1) is 9.92. The van der Waals surface area contributed by atoms with Gasteiger partial charge in [0.2, 0.25) is 0 Å². The summed E-state index contributed by atoms with van der Waals surface area (Å²) in [6.45, 7) is 2.38. The van der Waals surface area contributed by atoms with E-state index in [1.165, 1.54) is 12.1 Å². The Balaban J connectivity index is 2.29. The Hall–Kier alpha value is -1.92. The van der Waals surface area contributed by atoms with Crippen LogP contribution in [-0.2, 0) is 16.6 Å². The van der Waals surface area contributed by atoms with Crippen LogP contribution in [0.4, 0.5) is 10.1 Å². The Morgan fingerprint density at radius 1 is 1.10 bits per heavy atom. The molecular weight excluding hydrogens is 291 g/mol. The fourth-order valence-electron chi connectivity index (χ4n) is 1.91. The van der Waals surface area contributed by atoms with Gasteiger partial charge in [-0.3, -0.25) is 4.72 Å². The molecule has 6 heteroatoms. The van der Waals surface area contributed by atoms with E-state index in [0.717, 1.165) is 5.56 Å². The number of halogens is 1. The van der Waals surface area contributed by atoms with E-state index >= 15 is 0 Å². The average molecular weight is 308 g/mol. The standard InChI is InChI=1S/C15H17FN2O2S/c1-11-3-6-13(7-4-11)18-21(19,20)15-8-5-12(10-17-2)9-14(15)16/h3-9,17-18H,10H2,1-2H3. The molecule has 2 aromatic carbocycles. The average Bonchev–Trinajstić information content (AvgIpc) is 2.41. The maximum absolute atomic E-state index is 14.0. The molecule has 112 valence electrons. The monoisotopic (exact) mass is 308 g/mol. The van der Waals surface area contributed by atoms with Crippen LogP contribution in [0.1, 0.15) is 11.1 Å². The van der Waals surface area contributed by atoms with E-state index in [-0.39, 0.29) is 4.90 Å². The van der Waals surface area contributed by atoms with Crippen LogP contribution in [-0.4, -0.2) is 15.5 Å². The highest BCUT2D eigenvalue weighted by atomic mass is 32.2. The van der Waals surface area contributed by atoms with Gasteiger partial charge in [-0.15, -0.1) is 0 Å². The SMILES string of the molecule is CNCc1ccc(S(=O)(=O)Nc2ccc(C)cc2)c(F)c1. The molecule has 0 amide bonds. The maximum Gasteiger partial charge on any atom is 0.264 e. The summed E-state index contributed by atoms with van der Waals surface area (Å²) in [6, 6.07) is 10.9. The van der Waals surface area contributed by atoms with Crippen molar-refractivity contribution in [2.75, 3.05) is 11.8 Å². The van der Waals surface area contributed by atoms with Crippen LogP contribution >= 0.6 is 0 Å². The van der Waals surface area contributed by atoms with Gasteiger partial charge in [0.1, 0.15) is 10.7 Å². The third kappa shape index (κ3) is 3.80. The third-order valence-electron chi connectivity index (χ3n) is 2.97. The second kappa shape index (κ2) is 6.24. The lowest BCUT2D eigenvalue weighted by Gasteiger charge is -2.10. The zero-order valence-corrected chi connectivity index (χ0v) is 12.7. The zero-order valence-electron chi connectivity index (χ0n) is 11.9. The summed E-state index contributed by atoms with van der Waals surface area (Å²) in [5.74, 6) is -0.762. The van der Waals surface area contributed by atoms with E-state index in [1.807, 2.05) is 6.92 Å². The maximum atomic E-state index is 14.0. The zero-order chi connectivity index (χ0) is 15.5. The van der Waals surface area contributed by atoms with E-state index in [9.17, 15) is 12.8 Å². The molecule has 0 spiro atoms. The Labute approximate surface area is 124 Å². The molecular formula is C15H17FN2O2S. The van der Waals surface area contributed by atoms with Gasteiger partial charge >= 0.3 is 0 Å². The molecule has 2 rings (SSSR count). The molecule has 0 unspecified atom stereocenters. The Kier molecular flexibility index (Phi) is 4.59. The van der Waals surface area contributed by atoms with Crippen LogP contribution < -0.4 is 10.0 Å². The number of anilines is 1. The van der Waals surface area contributed by atoms with Gasteiger partial charge in [-0.1, -0.05) is 23.8 Å². The fourth-order valence-corrected chi connectivity index (χ4v) is 3.03. The summed E-state index contributed by atoms with van der Waals surface area (Å²) >= 11 is 0. The summed E-state index contributed by atoms with van der Waals surface area (Å²) < 4.78 is 40.8. The first-order valence-corrected chi connectivity index (χ1v) is 7.93. The van der Waals surface area contributed by atoms with E-state index in [0.29, 0.717) is 17.8 Å². The van der Waals surface area contributed by atoms with Crippen LogP contribution in [0.3, 0.4) is 0 Å². The Morgan fingerprint density at radius 2 is 1.76 bits per heavy atom. The molecule has 4 nitrogen and oxygen atoms in total. The first kappa shape index (κ1) is 15.5. The quantitative estimate of drug-likeness (QED) is 0.893. The van der Waals surface area contributed by atoms with Crippen LogP contribution in [0.25, 0.3) is 0 Å². The Bertz CT molecular complexity index is 728. The number of rotatable bonds is 5. The molecule has 2 aromatic rings. The summed E-state index contributed by atoms with van der Waals surface area (Å²) in [4.78, 5) is -0.358. The summed E-state index contributed by atoms with van der Waals surface area (Å²) in [7, 11) is -2.20. The molecule has 0 atom stereocenters. The summed E-state index contributed by atoms with van der Waals surface area (Å²) in [5, 5.41) is 2.88. The lowest BCUT2D eigenvalue weighted by Crippen LogP contribution is -2.15. The van der Waals surface area contributed by atoms with Gasteiger partial charge in [-0.05, 0) is 43.8 Å². The van der Waals surface area contributed by atoms with Crippen LogP contribution in [0, 0.1) is 12.7 Å². The molecule has 0 aliphatic heterocycles. The number of nitrogens with one attached hydrogen (secondary N) is 2. The molecule has 0 fully saturated rings. The molecule has 0 bridgehead atoms. The highest BCUT2D eigenvalue weighted by Gasteiger charge is 2.19. The number of benzene rings is 2. The predicted molar refractivity (Wildman–Crippen MR) is 81.2 cm³/mol. The lowest BCUT2D eigenvalue weighted by molar-refractivity contribution is 0.568. The Morgan fingerprint density at radius 3 is 2.33 bits per heavy atom. The normalized spacial score (nSPS) is 11.4. The smallest absolute Gasteiger partial charge is 0.264 e. The molecule has 0 saturated carbocycles. The highest BCUT2D eigenvalue weighted by Crippen LogP contribution is 2.20. The predicted octanol–water partition coefficient (Wildman–Crippen LogP) is 2.65. The lowest BCUT2D eigenvalue weighted by atomic mass is 10.2. The molecule has 2 N–H and O–H groups in total. The van der Waals surface area contributed by atoms with Gasteiger partial charge in [0.05, 0.1) is 0 Å². The molecule has 0 heterocycles. The van der Waals surface area contributed by atoms with Crippen molar-refractivity contribution in [3.05, 3.63) is 59.4 Å². The minimum Gasteiger partial charge on any atom is -0.316 e. The second-order valence-corrected chi connectivity index (χ2v) is 6.42. The minimum atomic E-state index is -3.93. The molecule has 0 aliphatic rings. The molecule has 0 aliphatic carbocycles. The van der Waals surface area contributed by atoms with Crippen molar-refractivity contribution in [2.24, 2.45) is 0 Å². The van der Waals surface area contributed by atoms with Crippen molar-refractivity contribution in [1.29, 1.82) is 0 Å². The summed E-state index contributed by atoms with van der Waals surface area (Å²) in [5.41, 5.74) is 2.10. The van der Waals surface area contributed by atoms with E-state index in [1.54, 1.807) is 37.4 Å². The van der Waals surface area contributed by atoms with Crippen molar-refractivity contribution < 1.29 is 12.8 Å². The van der Waals surface area contributed by atoms with E-state index in [2.05, 4.69) is 10.0 Å². The van der Waals surface area contributed by atoms with Crippen molar-refractivity contribution >= 4 is 15.7 Å². The topological polar surface area (TPSA) is 58.2 Å². The fraction of sp³-hybridized carbons (Fsp3) is 0.200. The first-order valence-electron chi connectivity index (χ1n) is 6.45. The number of hydrogen-bond donors (Lipinski definition) is 2. The van der Waals surface area contributed by atoms with Crippen LogP contribution in [0.15, 0.2) is 47.4 Å². The van der Waals surface area contributed by atoms with Gasteiger partial charge in [-0.2, -0.15) is 0 Å². The van der Waals surface area contributed by atoms with Crippen molar-refractivity contribution in [3.8, 4) is 0 Å². The molecule has 21 heavy (non-hydrogen) atoms. The van der Waals surface area contributed by atoms with Crippen LogP contribution in [0.5, 0.6) is 0 Å². The highest BCUT2D eigenvalue weighted by molar-refractivity contribution is 7.92. The molecule has 0 radical (unpaired) electrons. The van der Waals surface area contributed by atoms with Gasteiger partial charge in [0.15, 0.2) is 0 Å². The second-order valence-electron chi connectivity index (χ2n) is 4.77. The number of sulfonamides is 1. The number of aryl methyl sites for hydroxylation is 1. The van der Waals surface area contributed by atoms with E-state index < -0.39 is 15.8 Å². The largest absolute Gasteiger partial charge is 0.316 e. The minimum absolute atomic E-state index is 0.358.